The molecular weight excluding hydrogens is 226 g/mol. The average Bonchev–Trinajstić information content (AvgIpc) is 2.94. The van der Waals surface area contributed by atoms with Gasteiger partial charge in [-0.2, -0.15) is 0 Å². The van der Waals surface area contributed by atoms with E-state index in [2.05, 4.69) is 36.0 Å². The van der Waals surface area contributed by atoms with Gasteiger partial charge in [-0.25, -0.2) is 4.98 Å². The van der Waals surface area contributed by atoms with Crippen molar-refractivity contribution in [2.24, 2.45) is 11.1 Å². The number of hydrogen-bond acceptors (Lipinski definition) is 3. The zero-order valence-corrected chi connectivity index (χ0v) is 10.7. The van der Waals surface area contributed by atoms with Crippen molar-refractivity contribution in [3.63, 3.8) is 0 Å². The lowest BCUT2D eigenvalue weighted by Crippen LogP contribution is -2.29. The Labute approximate surface area is 107 Å². The van der Waals surface area contributed by atoms with Crippen molar-refractivity contribution < 1.29 is 4.79 Å². The summed E-state index contributed by atoms with van der Waals surface area (Å²) in [5.41, 5.74) is 6.70. The fourth-order valence-electron chi connectivity index (χ4n) is 1.70. The summed E-state index contributed by atoms with van der Waals surface area (Å²) in [6.45, 7) is 4.59. The van der Waals surface area contributed by atoms with Crippen LogP contribution in [0, 0.1) is 17.3 Å². The van der Waals surface area contributed by atoms with Gasteiger partial charge in [-0.15, -0.1) is 0 Å². The van der Waals surface area contributed by atoms with E-state index in [-0.39, 0.29) is 17.4 Å². The van der Waals surface area contributed by atoms with Crippen LogP contribution in [0.25, 0.3) is 0 Å². The molecule has 18 heavy (non-hydrogen) atoms. The summed E-state index contributed by atoms with van der Waals surface area (Å²) < 4.78 is 0. The van der Waals surface area contributed by atoms with Crippen LogP contribution in [-0.2, 0) is 0 Å². The standard InChI is InChI=1S/C14H17N3O/c1-14(2)8-12(14)17-13(18)11-6-5-10(9-16-11)4-3-7-15/h5-6,9,12H,7-8,15H2,1-2H3,(H,17,18). The third-order valence-corrected chi connectivity index (χ3v) is 3.15. The highest BCUT2D eigenvalue weighted by atomic mass is 16.2. The molecule has 3 N–H and O–H groups in total. The number of carbonyl (C=O) groups is 1. The van der Waals surface area contributed by atoms with Crippen molar-refractivity contribution >= 4 is 5.91 Å². The number of nitrogens with one attached hydrogen (secondary N) is 1. The third-order valence-electron chi connectivity index (χ3n) is 3.15. The summed E-state index contributed by atoms with van der Waals surface area (Å²) in [6.07, 6.45) is 2.62. The molecule has 1 heterocycles. The number of amides is 1. The zero-order valence-electron chi connectivity index (χ0n) is 10.7. The fourth-order valence-corrected chi connectivity index (χ4v) is 1.70. The van der Waals surface area contributed by atoms with E-state index >= 15 is 0 Å². The molecule has 0 aliphatic heterocycles. The molecule has 1 aromatic rings. The number of carbonyl (C=O) groups excluding carboxylic acids is 1. The van der Waals surface area contributed by atoms with Gasteiger partial charge >= 0.3 is 0 Å². The Morgan fingerprint density at radius 3 is 2.83 bits per heavy atom. The monoisotopic (exact) mass is 243 g/mol. The highest BCUT2D eigenvalue weighted by Crippen LogP contribution is 2.44. The summed E-state index contributed by atoms with van der Waals surface area (Å²) in [5.74, 6) is 5.49. The highest BCUT2D eigenvalue weighted by molar-refractivity contribution is 5.92. The molecule has 94 valence electrons. The Hall–Kier alpha value is -1.86. The molecule has 0 bridgehead atoms. The van der Waals surface area contributed by atoms with Crippen LogP contribution in [0.1, 0.15) is 36.3 Å². The molecule has 1 amide bonds. The predicted molar refractivity (Wildman–Crippen MR) is 69.8 cm³/mol. The molecular formula is C14H17N3O. The lowest BCUT2D eigenvalue weighted by molar-refractivity contribution is 0.0941. The SMILES string of the molecule is CC1(C)CC1NC(=O)c1ccc(C#CCN)cn1. The maximum Gasteiger partial charge on any atom is 0.270 e. The molecule has 1 unspecified atom stereocenters. The molecule has 1 fully saturated rings. The van der Waals surface area contributed by atoms with Crippen LogP contribution in [0.4, 0.5) is 0 Å². The second-order valence-corrected chi connectivity index (χ2v) is 5.16. The van der Waals surface area contributed by atoms with Gasteiger partial charge in [0.1, 0.15) is 5.69 Å². The van der Waals surface area contributed by atoms with Crippen LogP contribution in [0.5, 0.6) is 0 Å². The Morgan fingerprint density at radius 1 is 1.61 bits per heavy atom. The normalized spacial score (nSPS) is 19.6. The lowest BCUT2D eigenvalue weighted by Gasteiger charge is -2.06. The molecule has 4 nitrogen and oxygen atoms in total. The van der Waals surface area contributed by atoms with Crippen LogP contribution in [0.15, 0.2) is 18.3 Å². The van der Waals surface area contributed by atoms with Crippen LogP contribution in [0.3, 0.4) is 0 Å². The minimum atomic E-state index is -0.121. The topological polar surface area (TPSA) is 68.0 Å². The molecule has 1 atom stereocenters. The summed E-state index contributed by atoms with van der Waals surface area (Å²) in [4.78, 5) is 16.0. The molecule has 2 rings (SSSR count). The smallest absolute Gasteiger partial charge is 0.270 e. The fraction of sp³-hybridized carbons (Fsp3) is 0.429. The molecule has 1 aromatic heterocycles. The number of hydrogen-bond donors (Lipinski definition) is 2. The van der Waals surface area contributed by atoms with Crippen LogP contribution < -0.4 is 11.1 Å². The van der Waals surface area contributed by atoms with E-state index in [1.165, 1.54) is 0 Å². The van der Waals surface area contributed by atoms with Crippen LogP contribution in [-0.4, -0.2) is 23.5 Å². The minimum absolute atomic E-state index is 0.121. The first kappa shape index (κ1) is 12.6. The van der Waals surface area contributed by atoms with Gasteiger partial charge in [0.15, 0.2) is 0 Å². The molecule has 1 aliphatic rings. The molecule has 0 radical (unpaired) electrons. The van der Waals surface area contributed by atoms with Crippen LogP contribution >= 0.6 is 0 Å². The maximum atomic E-state index is 11.9. The van der Waals surface area contributed by atoms with Gasteiger partial charge in [0.05, 0.1) is 6.54 Å². The molecule has 4 heteroatoms. The van der Waals surface area contributed by atoms with Crippen molar-refractivity contribution in [2.75, 3.05) is 6.54 Å². The second-order valence-electron chi connectivity index (χ2n) is 5.16. The molecule has 0 aromatic carbocycles. The average molecular weight is 243 g/mol. The lowest BCUT2D eigenvalue weighted by atomic mass is 10.2. The van der Waals surface area contributed by atoms with Gasteiger partial charge in [0, 0.05) is 17.8 Å². The second kappa shape index (κ2) is 4.79. The van der Waals surface area contributed by atoms with Crippen molar-refractivity contribution in [3.8, 4) is 11.8 Å². The van der Waals surface area contributed by atoms with Crippen molar-refractivity contribution in [1.29, 1.82) is 0 Å². The molecule has 0 saturated heterocycles. The van der Waals surface area contributed by atoms with Gasteiger partial charge in [-0.1, -0.05) is 25.7 Å². The molecule has 1 saturated carbocycles. The van der Waals surface area contributed by atoms with E-state index in [9.17, 15) is 4.79 Å². The first-order valence-corrected chi connectivity index (χ1v) is 5.99. The van der Waals surface area contributed by atoms with Gasteiger partial charge in [-0.05, 0) is 24.0 Å². The number of pyridine rings is 1. The van der Waals surface area contributed by atoms with E-state index in [0.717, 1.165) is 12.0 Å². The van der Waals surface area contributed by atoms with E-state index < -0.39 is 0 Å². The summed E-state index contributed by atoms with van der Waals surface area (Å²) in [6, 6.07) is 3.73. The van der Waals surface area contributed by atoms with Gasteiger partial charge < -0.3 is 11.1 Å². The summed E-state index contributed by atoms with van der Waals surface area (Å²) in [7, 11) is 0. The predicted octanol–water partition coefficient (Wildman–Crippen LogP) is 0.920. The number of aromatic nitrogens is 1. The van der Waals surface area contributed by atoms with Gasteiger partial charge in [-0.3, -0.25) is 4.79 Å². The Morgan fingerprint density at radius 2 is 2.33 bits per heavy atom. The Balaban J connectivity index is 1.99. The summed E-state index contributed by atoms with van der Waals surface area (Å²) >= 11 is 0. The number of nitrogens with two attached hydrogens (primary N) is 1. The maximum absolute atomic E-state index is 11.9. The van der Waals surface area contributed by atoms with E-state index in [1.54, 1.807) is 18.3 Å². The van der Waals surface area contributed by atoms with E-state index in [1.807, 2.05) is 0 Å². The van der Waals surface area contributed by atoms with Gasteiger partial charge in [0.2, 0.25) is 0 Å². The van der Waals surface area contributed by atoms with Crippen molar-refractivity contribution in [2.45, 2.75) is 26.3 Å². The van der Waals surface area contributed by atoms with Crippen LogP contribution in [0.2, 0.25) is 0 Å². The highest BCUT2D eigenvalue weighted by Gasteiger charge is 2.46. The summed E-state index contributed by atoms with van der Waals surface area (Å²) in [5, 5.41) is 2.97. The Kier molecular flexibility index (Phi) is 3.35. The minimum Gasteiger partial charge on any atom is -0.347 e. The first-order valence-electron chi connectivity index (χ1n) is 5.99. The number of nitrogens with zero attached hydrogens (tertiary/aromatic N) is 1. The molecule has 0 spiro atoms. The quantitative estimate of drug-likeness (QED) is 0.759. The Bertz CT molecular complexity index is 508. The largest absolute Gasteiger partial charge is 0.347 e. The number of rotatable bonds is 2. The van der Waals surface area contributed by atoms with Gasteiger partial charge in [0.25, 0.3) is 5.91 Å². The van der Waals surface area contributed by atoms with E-state index in [0.29, 0.717) is 12.2 Å². The third kappa shape index (κ3) is 2.88. The molecule has 1 aliphatic carbocycles. The zero-order chi connectivity index (χ0) is 13.2. The first-order chi connectivity index (χ1) is 8.53. The van der Waals surface area contributed by atoms with Crippen molar-refractivity contribution in [3.05, 3.63) is 29.6 Å². The van der Waals surface area contributed by atoms with Crippen molar-refractivity contribution in [1.82, 2.24) is 10.3 Å². The van der Waals surface area contributed by atoms with E-state index in [4.69, 9.17) is 5.73 Å².